The maximum absolute atomic E-state index is 10.3. The van der Waals surface area contributed by atoms with Crippen molar-refractivity contribution in [1.82, 2.24) is 5.43 Å². The Morgan fingerprint density at radius 1 is 1.47 bits per heavy atom. The number of nitrogens with one attached hydrogen (secondary N) is 1. The van der Waals surface area contributed by atoms with E-state index < -0.39 is 6.03 Å². The van der Waals surface area contributed by atoms with Crippen molar-refractivity contribution >= 4 is 28.2 Å². The van der Waals surface area contributed by atoms with E-state index in [0.717, 1.165) is 6.21 Å². The van der Waals surface area contributed by atoms with Gasteiger partial charge in [-0.2, -0.15) is 5.10 Å². The number of nitrogens with two attached hydrogens (primary N) is 1. The molecule has 0 atom stereocenters. The molecule has 0 saturated heterocycles. The van der Waals surface area contributed by atoms with Crippen molar-refractivity contribution in [3.05, 3.63) is 22.2 Å². The molecule has 0 aliphatic rings. The summed E-state index contributed by atoms with van der Waals surface area (Å²) in [5, 5.41) is 22.2. The molecule has 7 heteroatoms. The van der Waals surface area contributed by atoms with Crippen molar-refractivity contribution < 1.29 is 15.0 Å². The number of nitrogens with zero attached hydrogens (tertiary/aromatic N) is 1. The molecule has 0 spiro atoms. The highest BCUT2D eigenvalue weighted by Gasteiger charge is 2.07. The van der Waals surface area contributed by atoms with E-state index in [1.807, 2.05) is 5.43 Å². The lowest BCUT2D eigenvalue weighted by Gasteiger charge is -2.03. The molecule has 2 amide bonds. The van der Waals surface area contributed by atoms with E-state index in [1.54, 1.807) is 0 Å². The van der Waals surface area contributed by atoms with E-state index in [4.69, 9.17) is 5.73 Å². The first-order valence-corrected chi connectivity index (χ1v) is 4.60. The molecule has 0 unspecified atom stereocenters. The average molecular weight is 274 g/mol. The van der Waals surface area contributed by atoms with Crippen molar-refractivity contribution in [3.8, 4) is 11.5 Å². The van der Waals surface area contributed by atoms with E-state index in [2.05, 4.69) is 21.0 Å². The summed E-state index contributed by atoms with van der Waals surface area (Å²) in [4.78, 5) is 10.3. The zero-order valence-electron chi connectivity index (χ0n) is 7.44. The molecule has 1 aromatic rings. The fourth-order valence-corrected chi connectivity index (χ4v) is 1.29. The zero-order valence-corrected chi connectivity index (χ0v) is 9.02. The molecule has 0 heterocycles. The van der Waals surface area contributed by atoms with Crippen LogP contribution in [0.1, 0.15) is 5.56 Å². The summed E-state index contributed by atoms with van der Waals surface area (Å²) in [5.74, 6) is -0.136. The van der Waals surface area contributed by atoms with Crippen LogP contribution in [0.25, 0.3) is 0 Å². The van der Waals surface area contributed by atoms with Crippen LogP contribution in [0.4, 0.5) is 4.79 Å². The third-order valence-corrected chi connectivity index (χ3v) is 2.34. The number of carbonyl (C=O) groups excluding carboxylic acids is 1. The molecular formula is C8H8BrN3O3. The van der Waals surface area contributed by atoms with Gasteiger partial charge in [0, 0.05) is 0 Å². The first kappa shape index (κ1) is 11.3. The SMILES string of the molecule is NC(=O)NN=Cc1c(O)ccc(O)c1Br. The van der Waals surface area contributed by atoms with Gasteiger partial charge in [-0.15, -0.1) is 0 Å². The summed E-state index contributed by atoms with van der Waals surface area (Å²) in [6.07, 6.45) is 1.16. The number of hydrogen-bond acceptors (Lipinski definition) is 4. The number of hydrazone groups is 1. The van der Waals surface area contributed by atoms with Crippen molar-refractivity contribution in [2.75, 3.05) is 0 Å². The maximum atomic E-state index is 10.3. The van der Waals surface area contributed by atoms with Crippen LogP contribution in [-0.4, -0.2) is 22.5 Å². The number of urea groups is 1. The molecule has 1 aromatic carbocycles. The van der Waals surface area contributed by atoms with Gasteiger partial charge in [0.05, 0.1) is 16.3 Å². The van der Waals surface area contributed by atoms with Gasteiger partial charge >= 0.3 is 6.03 Å². The van der Waals surface area contributed by atoms with Crippen LogP contribution in [0.3, 0.4) is 0 Å². The van der Waals surface area contributed by atoms with Gasteiger partial charge in [0.2, 0.25) is 0 Å². The number of phenolic OH excluding ortho intramolecular Hbond substituents is 2. The highest BCUT2D eigenvalue weighted by molar-refractivity contribution is 9.10. The van der Waals surface area contributed by atoms with Gasteiger partial charge in [0.25, 0.3) is 0 Å². The fourth-order valence-electron chi connectivity index (χ4n) is 0.854. The molecule has 80 valence electrons. The Hall–Kier alpha value is -1.76. The Morgan fingerprint density at radius 2 is 2.07 bits per heavy atom. The van der Waals surface area contributed by atoms with Gasteiger partial charge < -0.3 is 15.9 Å². The smallest absolute Gasteiger partial charge is 0.332 e. The summed E-state index contributed by atoms with van der Waals surface area (Å²) in [6, 6.07) is 1.80. The average Bonchev–Trinajstić information content (AvgIpc) is 2.17. The molecule has 0 radical (unpaired) electrons. The first-order chi connectivity index (χ1) is 7.02. The second-order valence-corrected chi connectivity index (χ2v) is 3.36. The largest absolute Gasteiger partial charge is 0.507 e. The molecule has 6 nitrogen and oxygen atoms in total. The van der Waals surface area contributed by atoms with E-state index in [9.17, 15) is 15.0 Å². The van der Waals surface area contributed by atoms with Gasteiger partial charge in [-0.25, -0.2) is 10.2 Å². The van der Waals surface area contributed by atoms with Crippen LogP contribution >= 0.6 is 15.9 Å². The topological polar surface area (TPSA) is 108 Å². The number of carbonyl (C=O) groups is 1. The predicted molar refractivity (Wildman–Crippen MR) is 57.8 cm³/mol. The van der Waals surface area contributed by atoms with Gasteiger partial charge in [0.15, 0.2) is 0 Å². The Bertz CT molecular complexity index is 420. The normalized spacial score (nSPS) is 10.5. The molecule has 0 fully saturated rings. The van der Waals surface area contributed by atoms with Crippen LogP contribution in [0.15, 0.2) is 21.7 Å². The number of aromatic hydroxyl groups is 2. The number of amides is 2. The van der Waals surface area contributed by atoms with Crippen LogP contribution in [-0.2, 0) is 0 Å². The third-order valence-electron chi connectivity index (χ3n) is 1.50. The molecule has 0 bridgehead atoms. The molecule has 0 aliphatic heterocycles. The molecule has 0 saturated carbocycles. The Kier molecular flexibility index (Phi) is 3.51. The summed E-state index contributed by atoms with van der Waals surface area (Å²) in [7, 11) is 0. The molecule has 15 heavy (non-hydrogen) atoms. The number of rotatable bonds is 2. The fraction of sp³-hybridized carbons (Fsp3) is 0. The molecule has 0 aliphatic carbocycles. The maximum Gasteiger partial charge on any atom is 0.332 e. The van der Waals surface area contributed by atoms with Crippen molar-refractivity contribution in [2.24, 2.45) is 10.8 Å². The molecule has 0 aromatic heterocycles. The van der Waals surface area contributed by atoms with Crippen molar-refractivity contribution in [2.45, 2.75) is 0 Å². The molecular weight excluding hydrogens is 266 g/mol. The second-order valence-electron chi connectivity index (χ2n) is 2.57. The lowest BCUT2D eigenvalue weighted by atomic mass is 10.2. The van der Waals surface area contributed by atoms with E-state index in [0.29, 0.717) is 0 Å². The number of primary amides is 1. The van der Waals surface area contributed by atoms with Crippen molar-refractivity contribution in [3.63, 3.8) is 0 Å². The van der Waals surface area contributed by atoms with Gasteiger partial charge in [-0.3, -0.25) is 0 Å². The minimum atomic E-state index is -0.818. The van der Waals surface area contributed by atoms with E-state index >= 15 is 0 Å². The van der Waals surface area contributed by atoms with E-state index in [1.165, 1.54) is 12.1 Å². The Balaban J connectivity index is 2.98. The number of benzene rings is 1. The van der Waals surface area contributed by atoms with Crippen LogP contribution in [0.5, 0.6) is 11.5 Å². The number of phenols is 2. The summed E-state index contributed by atoms with van der Waals surface area (Å²) < 4.78 is 0.275. The summed E-state index contributed by atoms with van der Waals surface area (Å²) in [6.45, 7) is 0. The monoisotopic (exact) mass is 273 g/mol. The third kappa shape index (κ3) is 2.84. The summed E-state index contributed by atoms with van der Waals surface area (Å²) >= 11 is 3.05. The lowest BCUT2D eigenvalue weighted by molar-refractivity contribution is 0.249. The minimum absolute atomic E-state index is 0.0478. The number of hydrogen-bond donors (Lipinski definition) is 4. The Labute approximate surface area is 93.5 Å². The minimum Gasteiger partial charge on any atom is -0.507 e. The van der Waals surface area contributed by atoms with Gasteiger partial charge in [-0.1, -0.05) is 0 Å². The predicted octanol–water partition coefficient (Wildman–Crippen LogP) is 0.862. The highest BCUT2D eigenvalue weighted by Crippen LogP contribution is 2.32. The lowest BCUT2D eigenvalue weighted by Crippen LogP contribution is -2.24. The van der Waals surface area contributed by atoms with Gasteiger partial charge in [0.1, 0.15) is 11.5 Å². The second kappa shape index (κ2) is 4.65. The van der Waals surface area contributed by atoms with Crippen LogP contribution < -0.4 is 11.2 Å². The van der Waals surface area contributed by atoms with Gasteiger partial charge in [-0.05, 0) is 28.1 Å². The van der Waals surface area contributed by atoms with Crippen molar-refractivity contribution in [1.29, 1.82) is 0 Å². The quantitative estimate of drug-likeness (QED) is 0.365. The van der Waals surface area contributed by atoms with Crippen LogP contribution in [0, 0.1) is 0 Å². The molecule has 5 N–H and O–H groups in total. The van der Waals surface area contributed by atoms with E-state index in [-0.39, 0.29) is 21.5 Å². The highest BCUT2D eigenvalue weighted by atomic mass is 79.9. The summed E-state index contributed by atoms with van der Waals surface area (Å²) in [5.41, 5.74) is 6.98. The molecule has 1 rings (SSSR count). The van der Waals surface area contributed by atoms with Crippen LogP contribution in [0.2, 0.25) is 0 Å². The standard InChI is InChI=1S/C8H8BrN3O3/c9-7-4(3-11-12-8(10)15)5(13)1-2-6(7)14/h1-3,13-14H,(H3,10,12,15). The Morgan fingerprint density at radius 3 is 2.67 bits per heavy atom. The number of halogens is 1. The zero-order chi connectivity index (χ0) is 11.4. The first-order valence-electron chi connectivity index (χ1n) is 3.81.